The van der Waals surface area contributed by atoms with Crippen LogP contribution in [0.1, 0.15) is 33.1 Å². The van der Waals surface area contributed by atoms with Gasteiger partial charge in [0, 0.05) is 11.7 Å². The van der Waals surface area contributed by atoms with Crippen molar-refractivity contribution in [2.45, 2.75) is 39.2 Å². The Kier molecular flexibility index (Phi) is 4.55. The van der Waals surface area contributed by atoms with Crippen LogP contribution >= 0.6 is 15.9 Å². The third-order valence-electron chi connectivity index (χ3n) is 3.94. The molecule has 3 atom stereocenters. The standard InChI is InChI=1S/C15H22BrNO/c1-10-4-6-14(11(2)8-10)17-12-5-7-15(18-3)13(16)9-12/h5,7,9-11,14,17H,4,6,8H2,1-3H3. The molecule has 1 fully saturated rings. The normalized spacial score (nSPS) is 27.9. The molecule has 0 amide bonds. The Bertz CT molecular complexity index is 407. The van der Waals surface area contributed by atoms with E-state index in [4.69, 9.17) is 4.74 Å². The maximum absolute atomic E-state index is 5.25. The first-order chi connectivity index (χ1) is 8.60. The molecule has 1 N–H and O–H groups in total. The van der Waals surface area contributed by atoms with E-state index in [2.05, 4.69) is 47.2 Å². The highest BCUT2D eigenvalue weighted by atomic mass is 79.9. The summed E-state index contributed by atoms with van der Waals surface area (Å²) in [4.78, 5) is 0. The van der Waals surface area contributed by atoms with E-state index < -0.39 is 0 Å². The number of methoxy groups -OCH3 is 1. The van der Waals surface area contributed by atoms with Crippen LogP contribution in [0.2, 0.25) is 0 Å². The van der Waals surface area contributed by atoms with Crippen LogP contribution in [-0.4, -0.2) is 13.2 Å². The maximum Gasteiger partial charge on any atom is 0.133 e. The minimum absolute atomic E-state index is 0.599. The second kappa shape index (κ2) is 5.96. The minimum atomic E-state index is 0.599. The second-order valence-corrected chi connectivity index (χ2v) is 6.35. The Labute approximate surface area is 118 Å². The second-order valence-electron chi connectivity index (χ2n) is 5.50. The van der Waals surface area contributed by atoms with Crippen LogP contribution in [0.3, 0.4) is 0 Å². The van der Waals surface area contributed by atoms with Crippen molar-refractivity contribution in [1.29, 1.82) is 0 Å². The highest BCUT2D eigenvalue weighted by molar-refractivity contribution is 9.10. The average Bonchev–Trinajstić information content (AvgIpc) is 2.33. The zero-order valence-electron chi connectivity index (χ0n) is 11.4. The number of hydrogen-bond donors (Lipinski definition) is 1. The molecule has 0 bridgehead atoms. The Balaban J connectivity index is 2.03. The highest BCUT2D eigenvalue weighted by Crippen LogP contribution is 2.33. The summed E-state index contributed by atoms with van der Waals surface area (Å²) in [6.45, 7) is 4.71. The molecule has 1 aliphatic carbocycles. The number of rotatable bonds is 3. The van der Waals surface area contributed by atoms with Gasteiger partial charge in [0.05, 0.1) is 11.6 Å². The van der Waals surface area contributed by atoms with Gasteiger partial charge in [0.2, 0.25) is 0 Å². The van der Waals surface area contributed by atoms with Crippen molar-refractivity contribution in [3.8, 4) is 5.75 Å². The summed E-state index contributed by atoms with van der Waals surface area (Å²) in [6.07, 6.45) is 3.93. The third kappa shape index (κ3) is 3.19. The molecule has 0 radical (unpaired) electrons. The Morgan fingerprint density at radius 3 is 2.67 bits per heavy atom. The van der Waals surface area contributed by atoms with Gasteiger partial charge in [-0.05, 0) is 65.2 Å². The predicted octanol–water partition coefficient (Wildman–Crippen LogP) is 4.69. The summed E-state index contributed by atoms with van der Waals surface area (Å²) >= 11 is 3.53. The SMILES string of the molecule is COc1ccc(NC2CCC(C)CC2C)cc1Br. The monoisotopic (exact) mass is 311 g/mol. The summed E-state index contributed by atoms with van der Waals surface area (Å²) in [5.41, 5.74) is 1.18. The maximum atomic E-state index is 5.25. The van der Waals surface area contributed by atoms with Crippen LogP contribution in [0.4, 0.5) is 5.69 Å². The summed E-state index contributed by atoms with van der Waals surface area (Å²) in [5, 5.41) is 3.66. The van der Waals surface area contributed by atoms with E-state index in [1.165, 1.54) is 24.9 Å². The molecule has 0 heterocycles. The number of anilines is 1. The van der Waals surface area contributed by atoms with Crippen LogP contribution in [0.25, 0.3) is 0 Å². The predicted molar refractivity (Wildman–Crippen MR) is 80.3 cm³/mol. The quantitative estimate of drug-likeness (QED) is 0.874. The van der Waals surface area contributed by atoms with E-state index in [1.54, 1.807) is 7.11 Å². The first-order valence-corrected chi connectivity index (χ1v) is 7.49. The van der Waals surface area contributed by atoms with E-state index in [1.807, 2.05) is 6.07 Å². The van der Waals surface area contributed by atoms with Gasteiger partial charge in [-0.2, -0.15) is 0 Å². The first kappa shape index (κ1) is 13.7. The smallest absolute Gasteiger partial charge is 0.133 e. The lowest BCUT2D eigenvalue weighted by Gasteiger charge is -2.34. The summed E-state index contributed by atoms with van der Waals surface area (Å²) in [6, 6.07) is 6.79. The van der Waals surface area contributed by atoms with E-state index >= 15 is 0 Å². The molecule has 2 nitrogen and oxygen atoms in total. The number of nitrogens with one attached hydrogen (secondary N) is 1. The molecule has 1 aromatic carbocycles. The third-order valence-corrected chi connectivity index (χ3v) is 4.56. The van der Waals surface area contributed by atoms with Gasteiger partial charge >= 0.3 is 0 Å². The summed E-state index contributed by atoms with van der Waals surface area (Å²) in [7, 11) is 1.69. The molecule has 100 valence electrons. The molecular weight excluding hydrogens is 290 g/mol. The highest BCUT2D eigenvalue weighted by Gasteiger charge is 2.25. The lowest BCUT2D eigenvalue weighted by molar-refractivity contribution is 0.276. The molecular formula is C15H22BrNO. The zero-order chi connectivity index (χ0) is 13.1. The molecule has 1 aromatic rings. The van der Waals surface area contributed by atoms with Crippen molar-refractivity contribution in [1.82, 2.24) is 0 Å². The van der Waals surface area contributed by atoms with Crippen LogP contribution < -0.4 is 10.1 Å². The molecule has 3 unspecified atom stereocenters. The zero-order valence-corrected chi connectivity index (χ0v) is 13.0. The van der Waals surface area contributed by atoms with Gasteiger partial charge in [-0.25, -0.2) is 0 Å². The number of hydrogen-bond acceptors (Lipinski definition) is 2. The molecule has 0 spiro atoms. The van der Waals surface area contributed by atoms with Gasteiger partial charge in [-0.1, -0.05) is 13.8 Å². The topological polar surface area (TPSA) is 21.3 Å². The molecule has 0 aromatic heterocycles. The average molecular weight is 312 g/mol. The minimum Gasteiger partial charge on any atom is -0.496 e. The fraction of sp³-hybridized carbons (Fsp3) is 0.600. The fourth-order valence-corrected chi connectivity index (χ4v) is 3.39. The summed E-state index contributed by atoms with van der Waals surface area (Å²) in [5.74, 6) is 2.50. The van der Waals surface area contributed by atoms with Gasteiger partial charge in [-0.3, -0.25) is 0 Å². The number of benzene rings is 1. The van der Waals surface area contributed by atoms with Gasteiger partial charge in [0.15, 0.2) is 0 Å². The van der Waals surface area contributed by atoms with E-state index in [-0.39, 0.29) is 0 Å². The molecule has 0 saturated heterocycles. The van der Waals surface area contributed by atoms with Crippen molar-refractivity contribution in [2.75, 3.05) is 12.4 Å². The van der Waals surface area contributed by atoms with Crippen molar-refractivity contribution >= 4 is 21.6 Å². The van der Waals surface area contributed by atoms with Crippen molar-refractivity contribution in [3.63, 3.8) is 0 Å². The van der Waals surface area contributed by atoms with Crippen molar-refractivity contribution in [3.05, 3.63) is 22.7 Å². The van der Waals surface area contributed by atoms with Crippen LogP contribution in [0.15, 0.2) is 22.7 Å². The number of halogens is 1. The molecule has 1 aliphatic rings. The lowest BCUT2D eigenvalue weighted by Crippen LogP contribution is -2.32. The van der Waals surface area contributed by atoms with Crippen molar-refractivity contribution < 1.29 is 4.74 Å². The van der Waals surface area contributed by atoms with Gasteiger partial charge in [0.25, 0.3) is 0 Å². The Morgan fingerprint density at radius 1 is 1.28 bits per heavy atom. The largest absolute Gasteiger partial charge is 0.496 e. The van der Waals surface area contributed by atoms with E-state index in [0.717, 1.165) is 22.1 Å². The van der Waals surface area contributed by atoms with Gasteiger partial charge in [-0.15, -0.1) is 0 Å². The van der Waals surface area contributed by atoms with Crippen LogP contribution in [-0.2, 0) is 0 Å². The van der Waals surface area contributed by atoms with Crippen LogP contribution in [0, 0.1) is 11.8 Å². The van der Waals surface area contributed by atoms with E-state index in [0.29, 0.717) is 6.04 Å². The number of ether oxygens (including phenoxy) is 1. The fourth-order valence-electron chi connectivity index (χ4n) is 2.85. The summed E-state index contributed by atoms with van der Waals surface area (Å²) < 4.78 is 6.26. The molecule has 2 rings (SSSR count). The lowest BCUT2D eigenvalue weighted by atomic mass is 9.80. The Hall–Kier alpha value is -0.700. The van der Waals surface area contributed by atoms with Gasteiger partial charge in [0.1, 0.15) is 5.75 Å². The molecule has 0 aliphatic heterocycles. The Morgan fingerprint density at radius 2 is 2.06 bits per heavy atom. The van der Waals surface area contributed by atoms with Crippen molar-refractivity contribution in [2.24, 2.45) is 11.8 Å². The van der Waals surface area contributed by atoms with E-state index in [9.17, 15) is 0 Å². The first-order valence-electron chi connectivity index (χ1n) is 6.70. The molecule has 1 saturated carbocycles. The van der Waals surface area contributed by atoms with Gasteiger partial charge < -0.3 is 10.1 Å². The molecule has 18 heavy (non-hydrogen) atoms. The van der Waals surface area contributed by atoms with Crippen LogP contribution in [0.5, 0.6) is 5.75 Å². The molecule has 3 heteroatoms.